The Morgan fingerprint density at radius 2 is 1.78 bits per heavy atom. The van der Waals surface area contributed by atoms with Crippen molar-refractivity contribution in [3.8, 4) is 17.2 Å². The lowest BCUT2D eigenvalue weighted by atomic mass is 10.1. The minimum atomic E-state index is -0.318. The molecule has 1 aliphatic rings. The number of para-hydroxylation sites is 3. The van der Waals surface area contributed by atoms with E-state index in [-0.39, 0.29) is 18.4 Å². The van der Waals surface area contributed by atoms with Gasteiger partial charge in [0.25, 0.3) is 11.8 Å². The molecular weight excluding hydrogens is 344 g/mol. The second-order valence-corrected chi connectivity index (χ2v) is 5.91. The predicted molar refractivity (Wildman–Crippen MR) is 101 cm³/mol. The second-order valence-electron chi connectivity index (χ2n) is 5.91. The monoisotopic (exact) mass is 360 g/mol. The fraction of sp³-hybridized carbons (Fsp3) is 0.0476. The number of carbonyl (C=O) groups is 2. The van der Waals surface area contributed by atoms with Gasteiger partial charge in [-0.3, -0.25) is 9.59 Å². The number of amides is 2. The smallest absolute Gasteiger partial charge is 0.262 e. The number of carbonyl (C=O) groups excluding carboxylic acids is 2. The van der Waals surface area contributed by atoms with Crippen molar-refractivity contribution >= 4 is 23.2 Å². The molecule has 6 heteroatoms. The van der Waals surface area contributed by atoms with Crippen LogP contribution in [-0.4, -0.2) is 18.4 Å². The molecule has 0 fully saturated rings. The van der Waals surface area contributed by atoms with Crippen LogP contribution in [0.5, 0.6) is 17.2 Å². The van der Waals surface area contributed by atoms with E-state index >= 15 is 0 Å². The van der Waals surface area contributed by atoms with E-state index in [2.05, 4.69) is 10.6 Å². The van der Waals surface area contributed by atoms with Crippen LogP contribution in [0.25, 0.3) is 0 Å². The molecular formula is C21H16N2O4. The SMILES string of the molecule is O=C1COc2ccc(C(=O)Nc3ccccc3Oc3ccccc3)cc2N1. The summed E-state index contributed by atoms with van der Waals surface area (Å²) in [5, 5.41) is 5.54. The normalized spacial score (nSPS) is 12.4. The van der Waals surface area contributed by atoms with Gasteiger partial charge in [-0.2, -0.15) is 0 Å². The molecule has 6 nitrogen and oxygen atoms in total. The van der Waals surface area contributed by atoms with Crippen LogP contribution in [0, 0.1) is 0 Å². The van der Waals surface area contributed by atoms with Gasteiger partial charge in [0.05, 0.1) is 11.4 Å². The molecule has 3 aromatic carbocycles. The van der Waals surface area contributed by atoms with Crippen LogP contribution in [0.4, 0.5) is 11.4 Å². The fourth-order valence-electron chi connectivity index (χ4n) is 2.69. The van der Waals surface area contributed by atoms with Crippen molar-refractivity contribution in [3.63, 3.8) is 0 Å². The van der Waals surface area contributed by atoms with Crippen molar-refractivity contribution in [2.24, 2.45) is 0 Å². The predicted octanol–water partition coefficient (Wildman–Crippen LogP) is 4.06. The van der Waals surface area contributed by atoms with E-state index in [1.54, 1.807) is 30.3 Å². The number of fused-ring (bicyclic) bond motifs is 1. The summed E-state index contributed by atoms with van der Waals surface area (Å²) >= 11 is 0. The minimum absolute atomic E-state index is 0.0251. The maximum absolute atomic E-state index is 12.7. The second kappa shape index (κ2) is 7.21. The highest BCUT2D eigenvalue weighted by atomic mass is 16.5. The molecule has 0 atom stereocenters. The zero-order chi connectivity index (χ0) is 18.6. The molecule has 4 rings (SSSR count). The summed E-state index contributed by atoms with van der Waals surface area (Å²) < 4.78 is 11.2. The Bertz CT molecular complexity index is 1000. The van der Waals surface area contributed by atoms with E-state index < -0.39 is 0 Å². The Kier molecular flexibility index (Phi) is 4.45. The van der Waals surface area contributed by atoms with Crippen LogP contribution in [0.2, 0.25) is 0 Å². The number of ether oxygens (including phenoxy) is 2. The Morgan fingerprint density at radius 3 is 2.63 bits per heavy atom. The first kappa shape index (κ1) is 16.7. The average Bonchev–Trinajstić information content (AvgIpc) is 2.69. The summed E-state index contributed by atoms with van der Waals surface area (Å²) in [6, 6.07) is 21.4. The molecule has 0 spiro atoms. The van der Waals surface area contributed by atoms with Gasteiger partial charge in [-0.25, -0.2) is 0 Å². The van der Waals surface area contributed by atoms with Crippen LogP contribution in [0.3, 0.4) is 0 Å². The molecule has 0 saturated carbocycles. The first-order valence-corrected chi connectivity index (χ1v) is 8.39. The standard InChI is InChI=1S/C21H16N2O4/c24-20-13-26-18-11-10-14(12-17(18)22-20)21(25)23-16-8-4-5-9-19(16)27-15-6-2-1-3-7-15/h1-12H,13H2,(H,22,24)(H,23,25). The van der Waals surface area contributed by atoms with Crippen molar-refractivity contribution in [2.75, 3.05) is 17.2 Å². The lowest BCUT2D eigenvalue weighted by Gasteiger charge is -2.18. The molecule has 2 amide bonds. The van der Waals surface area contributed by atoms with E-state index in [1.165, 1.54) is 0 Å². The Labute approximate surface area is 155 Å². The first-order chi connectivity index (χ1) is 13.2. The number of hydrogen-bond donors (Lipinski definition) is 2. The van der Waals surface area contributed by atoms with E-state index in [1.807, 2.05) is 42.5 Å². The molecule has 0 saturated heterocycles. The summed E-state index contributed by atoms with van der Waals surface area (Å²) in [5.41, 5.74) is 1.42. The third-order valence-electron chi connectivity index (χ3n) is 3.98. The molecule has 2 N–H and O–H groups in total. The van der Waals surface area contributed by atoms with Crippen molar-refractivity contribution in [3.05, 3.63) is 78.4 Å². The lowest BCUT2D eigenvalue weighted by Crippen LogP contribution is -2.25. The van der Waals surface area contributed by atoms with Gasteiger partial charge in [0, 0.05) is 5.56 Å². The molecule has 0 unspecified atom stereocenters. The van der Waals surface area contributed by atoms with Crippen LogP contribution in [-0.2, 0) is 4.79 Å². The highest BCUT2D eigenvalue weighted by Gasteiger charge is 2.18. The Morgan fingerprint density at radius 1 is 1.00 bits per heavy atom. The summed E-state index contributed by atoms with van der Waals surface area (Å²) in [6.45, 7) is -0.0251. The molecule has 0 aromatic heterocycles. The van der Waals surface area contributed by atoms with Gasteiger partial charge in [-0.05, 0) is 42.5 Å². The molecule has 0 aliphatic carbocycles. The number of rotatable bonds is 4. The van der Waals surface area contributed by atoms with E-state index in [9.17, 15) is 9.59 Å². The zero-order valence-corrected chi connectivity index (χ0v) is 14.3. The molecule has 0 bridgehead atoms. The quantitative estimate of drug-likeness (QED) is 0.736. The Balaban J connectivity index is 1.55. The summed E-state index contributed by atoms with van der Waals surface area (Å²) in [6.07, 6.45) is 0. The molecule has 0 radical (unpaired) electrons. The molecule has 27 heavy (non-hydrogen) atoms. The van der Waals surface area contributed by atoms with E-state index in [0.717, 1.165) is 0 Å². The third kappa shape index (κ3) is 3.74. The maximum atomic E-state index is 12.7. The average molecular weight is 360 g/mol. The van der Waals surface area contributed by atoms with Crippen molar-refractivity contribution in [2.45, 2.75) is 0 Å². The number of benzene rings is 3. The maximum Gasteiger partial charge on any atom is 0.262 e. The molecule has 1 heterocycles. The van der Waals surface area contributed by atoms with Crippen molar-refractivity contribution < 1.29 is 19.1 Å². The first-order valence-electron chi connectivity index (χ1n) is 8.39. The van der Waals surface area contributed by atoms with Gasteiger partial charge in [0.15, 0.2) is 12.4 Å². The number of hydrogen-bond acceptors (Lipinski definition) is 4. The fourth-order valence-corrected chi connectivity index (χ4v) is 2.69. The van der Waals surface area contributed by atoms with Gasteiger partial charge >= 0.3 is 0 Å². The zero-order valence-electron chi connectivity index (χ0n) is 14.3. The van der Waals surface area contributed by atoms with Gasteiger partial charge in [-0.15, -0.1) is 0 Å². The highest BCUT2D eigenvalue weighted by molar-refractivity contribution is 6.06. The Hall–Kier alpha value is -3.80. The van der Waals surface area contributed by atoms with Gasteiger partial charge < -0.3 is 20.1 Å². The summed E-state index contributed by atoms with van der Waals surface area (Å²) in [5.74, 6) is 1.18. The van der Waals surface area contributed by atoms with Crippen LogP contribution < -0.4 is 20.1 Å². The van der Waals surface area contributed by atoms with Gasteiger partial charge in [0.1, 0.15) is 11.5 Å². The number of nitrogens with one attached hydrogen (secondary N) is 2. The van der Waals surface area contributed by atoms with Crippen LogP contribution in [0.1, 0.15) is 10.4 Å². The number of anilines is 2. The molecule has 3 aromatic rings. The lowest BCUT2D eigenvalue weighted by molar-refractivity contribution is -0.118. The van der Waals surface area contributed by atoms with Crippen molar-refractivity contribution in [1.82, 2.24) is 0 Å². The van der Waals surface area contributed by atoms with Gasteiger partial charge in [-0.1, -0.05) is 30.3 Å². The van der Waals surface area contributed by atoms with Gasteiger partial charge in [0.2, 0.25) is 0 Å². The highest BCUT2D eigenvalue weighted by Crippen LogP contribution is 2.31. The summed E-state index contributed by atoms with van der Waals surface area (Å²) in [7, 11) is 0. The largest absolute Gasteiger partial charge is 0.482 e. The molecule has 134 valence electrons. The van der Waals surface area contributed by atoms with E-state index in [0.29, 0.717) is 34.2 Å². The van der Waals surface area contributed by atoms with E-state index in [4.69, 9.17) is 9.47 Å². The molecule has 1 aliphatic heterocycles. The third-order valence-corrected chi connectivity index (χ3v) is 3.98. The van der Waals surface area contributed by atoms with Crippen LogP contribution >= 0.6 is 0 Å². The van der Waals surface area contributed by atoms with Crippen LogP contribution in [0.15, 0.2) is 72.8 Å². The topological polar surface area (TPSA) is 76.7 Å². The minimum Gasteiger partial charge on any atom is -0.482 e. The van der Waals surface area contributed by atoms with Crippen molar-refractivity contribution in [1.29, 1.82) is 0 Å². The summed E-state index contributed by atoms with van der Waals surface area (Å²) in [4.78, 5) is 24.1.